The molecular formula is C11H18N4O. The SMILES string of the molecule is Cc1nn(C)c(C)c1C(=O)NC1CC(N)C1. The number of hydrogen-bond acceptors (Lipinski definition) is 3. The van der Waals surface area contributed by atoms with Gasteiger partial charge in [0.05, 0.1) is 11.3 Å². The summed E-state index contributed by atoms with van der Waals surface area (Å²) in [6, 6.07) is 0.489. The molecule has 5 heteroatoms. The third kappa shape index (κ3) is 1.82. The minimum Gasteiger partial charge on any atom is -0.349 e. The van der Waals surface area contributed by atoms with E-state index < -0.39 is 0 Å². The van der Waals surface area contributed by atoms with Gasteiger partial charge >= 0.3 is 0 Å². The van der Waals surface area contributed by atoms with Gasteiger partial charge in [-0.25, -0.2) is 0 Å². The summed E-state index contributed by atoms with van der Waals surface area (Å²) in [5, 5.41) is 7.21. The maximum absolute atomic E-state index is 12.0. The van der Waals surface area contributed by atoms with E-state index in [1.807, 2.05) is 20.9 Å². The summed E-state index contributed by atoms with van der Waals surface area (Å²) in [6.07, 6.45) is 1.76. The summed E-state index contributed by atoms with van der Waals surface area (Å²) in [6.45, 7) is 3.76. The van der Waals surface area contributed by atoms with E-state index in [1.54, 1.807) is 4.68 Å². The molecular weight excluding hydrogens is 204 g/mol. The first kappa shape index (κ1) is 11.1. The van der Waals surface area contributed by atoms with E-state index in [9.17, 15) is 4.79 Å². The predicted octanol–water partition coefficient (Wildman–Crippen LogP) is 0.256. The van der Waals surface area contributed by atoms with Crippen molar-refractivity contribution in [2.24, 2.45) is 12.8 Å². The summed E-state index contributed by atoms with van der Waals surface area (Å²) in [5.41, 5.74) is 8.06. The lowest BCUT2D eigenvalue weighted by Gasteiger charge is -2.32. The van der Waals surface area contributed by atoms with Crippen molar-refractivity contribution in [2.75, 3.05) is 0 Å². The van der Waals surface area contributed by atoms with Gasteiger partial charge in [0.15, 0.2) is 0 Å². The van der Waals surface area contributed by atoms with Gasteiger partial charge in [-0.2, -0.15) is 5.10 Å². The second-order valence-corrected chi connectivity index (χ2v) is 4.57. The van der Waals surface area contributed by atoms with E-state index in [0.29, 0.717) is 5.56 Å². The Bertz CT molecular complexity index is 418. The predicted molar refractivity (Wildman–Crippen MR) is 61.1 cm³/mol. The number of aryl methyl sites for hydroxylation is 2. The molecule has 1 aromatic heterocycles. The number of nitrogens with two attached hydrogens (primary N) is 1. The summed E-state index contributed by atoms with van der Waals surface area (Å²) < 4.78 is 1.73. The number of hydrogen-bond donors (Lipinski definition) is 2. The molecule has 1 aliphatic carbocycles. The van der Waals surface area contributed by atoms with Crippen LogP contribution in [-0.2, 0) is 7.05 Å². The molecule has 0 atom stereocenters. The molecule has 1 fully saturated rings. The highest BCUT2D eigenvalue weighted by Gasteiger charge is 2.28. The molecule has 1 heterocycles. The first-order valence-corrected chi connectivity index (χ1v) is 5.55. The highest BCUT2D eigenvalue weighted by molar-refractivity contribution is 5.96. The molecule has 0 spiro atoms. The number of aromatic nitrogens is 2. The Morgan fingerprint density at radius 3 is 2.56 bits per heavy atom. The highest BCUT2D eigenvalue weighted by Crippen LogP contribution is 2.19. The van der Waals surface area contributed by atoms with Gasteiger partial charge in [-0.05, 0) is 26.7 Å². The van der Waals surface area contributed by atoms with Crippen LogP contribution in [0, 0.1) is 13.8 Å². The monoisotopic (exact) mass is 222 g/mol. The smallest absolute Gasteiger partial charge is 0.255 e. The average Bonchev–Trinajstić information content (AvgIpc) is 2.38. The number of carbonyl (C=O) groups excluding carboxylic acids is 1. The van der Waals surface area contributed by atoms with Crippen molar-refractivity contribution in [3.8, 4) is 0 Å². The van der Waals surface area contributed by atoms with Crippen molar-refractivity contribution in [2.45, 2.75) is 38.8 Å². The van der Waals surface area contributed by atoms with Crippen LogP contribution in [0.25, 0.3) is 0 Å². The molecule has 3 N–H and O–H groups in total. The highest BCUT2D eigenvalue weighted by atomic mass is 16.1. The fraction of sp³-hybridized carbons (Fsp3) is 0.636. The molecule has 5 nitrogen and oxygen atoms in total. The molecule has 0 saturated heterocycles. The first-order chi connectivity index (χ1) is 7.49. The van der Waals surface area contributed by atoms with Gasteiger partial charge < -0.3 is 11.1 Å². The Hall–Kier alpha value is -1.36. The molecule has 0 unspecified atom stereocenters. The van der Waals surface area contributed by atoms with Gasteiger partial charge in [0.2, 0.25) is 0 Å². The third-order valence-corrected chi connectivity index (χ3v) is 3.25. The van der Waals surface area contributed by atoms with E-state index >= 15 is 0 Å². The van der Waals surface area contributed by atoms with Crippen molar-refractivity contribution < 1.29 is 4.79 Å². The minimum atomic E-state index is -0.0278. The minimum absolute atomic E-state index is 0.0278. The van der Waals surface area contributed by atoms with Crippen molar-refractivity contribution in [1.29, 1.82) is 0 Å². The third-order valence-electron chi connectivity index (χ3n) is 3.25. The Morgan fingerprint density at radius 2 is 2.12 bits per heavy atom. The van der Waals surface area contributed by atoms with E-state index in [2.05, 4.69) is 10.4 Å². The van der Waals surface area contributed by atoms with Crippen LogP contribution in [0.2, 0.25) is 0 Å². The number of carbonyl (C=O) groups is 1. The summed E-state index contributed by atoms with van der Waals surface area (Å²) in [5.74, 6) is -0.0278. The Labute approximate surface area is 95.0 Å². The van der Waals surface area contributed by atoms with Crippen LogP contribution in [0.15, 0.2) is 0 Å². The normalized spacial score (nSPS) is 24.0. The van der Waals surface area contributed by atoms with Crippen LogP contribution in [0.4, 0.5) is 0 Å². The standard InChI is InChI=1S/C11H18N4O/c1-6-10(7(2)15(3)14-6)11(16)13-9-4-8(12)5-9/h8-9H,4-5,12H2,1-3H3,(H,13,16). The molecule has 1 saturated carbocycles. The number of nitrogens with zero attached hydrogens (tertiary/aromatic N) is 2. The van der Waals surface area contributed by atoms with Gasteiger partial charge in [0, 0.05) is 24.8 Å². The van der Waals surface area contributed by atoms with Gasteiger partial charge in [0.1, 0.15) is 0 Å². The van der Waals surface area contributed by atoms with Crippen LogP contribution < -0.4 is 11.1 Å². The van der Waals surface area contributed by atoms with E-state index in [0.717, 1.165) is 24.2 Å². The fourth-order valence-corrected chi connectivity index (χ4v) is 2.14. The lowest BCUT2D eigenvalue weighted by Crippen LogP contribution is -2.50. The molecule has 2 rings (SSSR count). The lowest BCUT2D eigenvalue weighted by molar-refractivity contribution is 0.0909. The summed E-state index contributed by atoms with van der Waals surface area (Å²) in [7, 11) is 1.85. The van der Waals surface area contributed by atoms with E-state index in [-0.39, 0.29) is 18.0 Å². The van der Waals surface area contributed by atoms with Crippen LogP contribution in [0.5, 0.6) is 0 Å². The van der Waals surface area contributed by atoms with Crippen molar-refractivity contribution >= 4 is 5.91 Å². The van der Waals surface area contributed by atoms with Crippen LogP contribution >= 0.6 is 0 Å². The van der Waals surface area contributed by atoms with Crippen molar-refractivity contribution in [3.05, 3.63) is 17.0 Å². The topological polar surface area (TPSA) is 72.9 Å². The number of nitrogens with one attached hydrogen (secondary N) is 1. The molecule has 0 bridgehead atoms. The molecule has 16 heavy (non-hydrogen) atoms. The average molecular weight is 222 g/mol. The van der Waals surface area contributed by atoms with Crippen LogP contribution in [0.3, 0.4) is 0 Å². The molecule has 88 valence electrons. The van der Waals surface area contributed by atoms with Crippen molar-refractivity contribution in [3.63, 3.8) is 0 Å². The van der Waals surface area contributed by atoms with Crippen LogP contribution in [0.1, 0.15) is 34.6 Å². The second kappa shape index (κ2) is 3.90. The zero-order valence-corrected chi connectivity index (χ0v) is 9.95. The van der Waals surface area contributed by atoms with Gasteiger partial charge in [0.25, 0.3) is 5.91 Å². The largest absolute Gasteiger partial charge is 0.349 e. The molecule has 0 aromatic carbocycles. The van der Waals surface area contributed by atoms with Gasteiger partial charge in [-0.15, -0.1) is 0 Å². The van der Waals surface area contributed by atoms with E-state index in [4.69, 9.17) is 5.73 Å². The molecule has 1 aliphatic rings. The van der Waals surface area contributed by atoms with Gasteiger partial charge in [-0.1, -0.05) is 0 Å². The second-order valence-electron chi connectivity index (χ2n) is 4.57. The zero-order chi connectivity index (χ0) is 11.9. The fourth-order valence-electron chi connectivity index (χ4n) is 2.14. The molecule has 0 radical (unpaired) electrons. The lowest BCUT2D eigenvalue weighted by atomic mass is 9.87. The molecule has 1 amide bonds. The summed E-state index contributed by atoms with van der Waals surface area (Å²) in [4.78, 5) is 12.0. The molecule has 1 aromatic rings. The Balaban J connectivity index is 2.09. The summed E-state index contributed by atoms with van der Waals surface area (Å²) >= 11 is 0. The first-order valence-electron chi connectivity index (χ1n) is 5.55. The zero-order valence-electron chi connectivity index (χ0n) is 9.95. The maximum atomic E-state index is 12.0. The Kier molecular flexibility index (Phi) is 2.71. The number of amides is 1. The van der Waals surface area contributed by atoms with Crippen LogP contribution in [-0.4, -0.2) is 27.8 Å². The molecule has 0 aliphatic heterocycles. The number of rotatable bonds is 2. The maximum Gasteiger partial charge on any atom is 0.255 e. The van der Waals surface area contributed by atoms with E-state index in [1.165, 1.54) is 0 Å². The van der Waals surface area contributed by atoms with Crippen molar-refractivity contribution in [1.82, 2.24) is 15.1 Å². The quantitative estimate of drug-likeness (QED) is 0.753. The van der Waals surface area contributed by atoms with Gasteiger partial charge in [-0.3, -0.25) is 9.48 Å². The Morgan fingerprint density at radius 1 is 1.50 bits per heavy atom.